The molecule has 0 amide bonds. The third-order valence-electron chi connectivity index (χ3n) is 2.97. The van der Waals surface area contributed by atoms with Crippen molar-refractivity contribution in [3.8, 4) is 46.6 Å². The van der Waals surface area contributed by atoms with E-state index in [1.807, 2.05) is 0 Å². The van der Waals surface area contributed by atoms with Gasteiger partial charge in [0.15, 0.2) is 23.0 Å². The predicted octanol–water partition coefficient (Wildman–Crippen LogP) is 3.09. The highest BCUT2D eigenvalue weighted by Crippen LogP contribution is 2.36. The number of methoxy groups -OCH3 is 2. The molecule has 0 radical (unpaired) electrons. The molecule has 6 nitrogen and oxygen atoms in total. The number of benzene rings is 2. The van der Waals surface area contributed by atoms with E-state index in [1.165, 1.54) is 14.2 Å². The van der Waals surface area contributed by atoms with Crippen molar-refractivity contribution in [2.45, 2.75) is 0 Å². The van der Waals surface area contributed by atoms with E-state index in [0.717, 1.165) is 11.1 Å². The fraction of sp³-hybridized carbons (Fsp3) is 0.125. The first-order valence-corrected chi connectivity index (χ1v) is 6.21. The smallest absolute Gasteiger partial charge is 0.292 e. The van der Waals surface area contributed by atoms with Crippen LogP contribution in [-0.4, -0.2) is 14.2 Å². The van der Waals surface area contributed by atoms with Crippen molar-refractivity contribution >= 4 is 0 Å². The van der Waals surface area contributed by atoms with Gasteiger partial charge in [-0.25, -0.2) is 0 Å². The molecular formula is C16H12N2O4. The summed E-state index contributed by atoms with van der Waals surface area (Å²) in [6.07, 6.45) is 3.22. The quantitative estimate of drug-likeness (QED) is 0.788. The molecule has 0 aliphatic carbocycles. The van der Waals surface area contributed by atoms with Crippen molar-refractivity contribution in [2.24, 2.45) is 0 Å². The van der Waals surface area contributed by atoms with Crippen molar-refractivity contribution in [2.75, 3.05) is 14.2 Å². The van der Waals surface area contributed by atoms with Crippen LogP contribution in [0.15, 0.2) is 36.4 Å². The van der Waals surface area contributed by atoms with Crippen LogP contribution in [0.1, 0.15) is 0 Å². The van der Waals surface area contributed by atoms with E-state index in [4.69, 9.17) is 29.5 Å². The first-order valence-electron chi connectivity index (χ1n) is 6.21. The van der Waals surface area contributed by atoms with Gasteiger partial charge in [0, 0.05) is 0 Å². The van der Waals surface area contributed by atoms with E-state index >= 15 is 0 Å². The highest BCUT2D eigenvalue weighted by atomic mass is 16.5. The van der Waals surface area contributed by atoms with Crippen LogP contribution in [0.25, 0.3) is 11.1 Å². The monoisotopic (exact) mass is 296 g/mol. The maximum atomic E-state index is 8.59. The molecule has 0 aliphatic rings. The van der Waals surface area contributed by atoms with Crippen molar-refractivity contribution < 1.29 is 18.9 Å². The molecule has 0 unspecified atom stereocenters. The zero-order valence-electron chi connectivity index (χ0n) is 12.0. The number of nitriles is 2. The Labute approximate surface area is 127 Å². The average molecular weight is 296 g/mol. The third-order valence-corrected chi connectivity index (χ3v) is 2.97. The normalized spacial score (nSPS) is 9.27. The lowest BCUT2D eigenvalue weighted by molar-refractivity contribution is 0.383. The molecule has 2 aromatic rings. The van der Waals surface area contributed by atoms with Gasteiger partial charge in [0.2, 0.25) is 0 Å². The molecular weight excluding hydrogens is 284 g/mol. The standard InChI is InChI=1S/C16H12N2O4/c1-19-15-7-11(3-5-13(15)21-9-17)12-4-6-14(22-10-18)16(8-12)20-2/h3-8H,1-2H3. The third kappa shape index (κ3) is 3.02. The number of hydrogen-bond donors (Lipinski definition) is 0. The van der Waals surface area contributed by atoms with Crippen LogP contribution in [0.5, 0.6) is 23.0 Å². The highest BCUT2D eigenvalue weighted by molar-refractivity contribution is 5.70. The van der Waals surface area contributed by atoms with Gasteiger partial charge < -0.3 is 18.9 Å². The van der Waals surface area contributed by atoms with Crippen molar-refractivity contribution in [3.05, 3.63) is 36.4 Å². The van der Waals surface area contributed by atoms with Gasteiger partial charge in [-0.15, -0.1) is 10.5 Å². The van der Waals surface area contributed by atoms with Crippen LogP contribution in [-0.2, 0) is 0 Å². The molecule has 0 spiro atoms. The Morgan fingerprint density at radius 3 is 1.41 bits per heavy atom. The summed E-state index contributed by atoms with van der Waals surface area (Å²) in [5, 5.41) is 17.2. The number of nitrogens with zero attached hydrogens (tertiary/aromatic N) is 2. The molecule has 0 N–H and O–H groups in total. The van der Waals surface area contributed by atoms with Crippen LogP contribution >= 0.6 is 0 Å². The van der Waals surface area contributed by atoms with Crippen molar-refractivity contribution in [1.29, 1.82) is 10.5 Å². The summed E-state index contributed by atoms with van der Waals surface area (Å²) in [5.74, 6) is 1.56. The van der Waals surface area contributed by atoms with Crippen LogP contribution in [0.2, 0.25) is 0 Å². The Kier molecular flexibility index (Phi) is 4.69. The largest absolute Gasteiger partial charge is 0.493 e. The summed E-state index contributed by atoms with van der Waals surface area (Å²) < 4.78 is 20.0. The molecule has 0 heterocycles. The highest BCUT2D eigenvalue weighted by Gasteiger charge is 2.11. The zero-order valence-corrected chi connectivity index (χ0v) is 12.0. The SMILES string of the molecule is COc1cc(-c2ccc(OC#N)c(OC)c2)ccc1OC#N. The lowest BCUT2D eigenvalue weighted by Crippen LogP contribution is -1.92. The van der Waals surface area contributed by atoms with Gasteiger partial charge in [-0.05, 0) is 35.4 Å². The molecule has 0 atom stereocenters. The van der Waals surface area contributed by atoms with Gasteiger partial charge >= 0.3 is 0 Å². The lowest BCUT2D eigenvalue weighted by atomic mass is 10.0. The van der Waals surface area contributed by atoms with Crippen LogP contribution in [0.4, 0.5) is 0 Å². The van der Waals surface area contributed by atoms with Gasteiger partial charge in [0.05, 0.1) is 14.2 Å². The van der Waals surface area contributed by atoms with Crippen molar-refractivity contribution in [1.82, 2.24) is 0 Å². The van der Waals surface area contributed by atoms with Gasteiger partial charge in [0.25, 0.3) is 12.5 Å². The van der Waals surface area contributed by atoms with Gasteiger partial charge in [-0.1, -0.05) is 12.1 Å². The van der Waals surface area contributed by atoms with E-state index in [2.05, 4.69) is 0 Å². The first kappa shape index (κ1) is 15.0. The van der Waals surface area contributed by atoms with Crippen LogP contribution < -0.4 is 18.9 Å². The van der Waals surface area contributed by atoms with E-state index in [-0.39, 0.29) is 0 Å². The molecule has 0 fully saturated rings. The Balaban J connectivity index is 2.44. The van der Waals surface area contributed by atoms with Gasteiger partial charge in [-0.3, -0.25) is 0 Å². The molecule has 2 aromatic carbocycles. The molecule has 0 saturated heterocycles. The minimum atomic E-state index is 0.338. The summed E-state index contributed by atoms with van der Waals surface area (Å²) >= 11 is 0. The second-order valence-corrected chi connectivity index (χ2v) is 4.12. The summed E-state index contributed by atoms with van der Waals surface area (Å²) in [5.41, 5.74) is 1.67. The zero-order chi connectivity index (χ0) is 15.9. The number of rotatable bonds is 5. The summed E-state index contributed by atoms with van der Waals surface area (Å²) in [7, 11) is 2.99. The fourth-order valence-electron chi connectivity index (χ4n) is 1.96. The predicted molar refractivity (Wildman–Crippen MR) is 77.5 cm³/mol. The van der Waals surface area contributed by atoms with E-state index in [0.29, 0.717) is 23.0 Å². The molecule has 0 aliphatic heterocycles. The van der Waals surface area contributed by atoms with Crippen molar-refractivity contribution in [3.63, 3.8) is 0 Å². The second kappa shape index (κ2) is 6.87. The maximum absolute atomic E-state index is 8.59. The molecule has 0 saturated carbocycles. The van der Waals surface area contributed by atoms with Gasteiger partial charge in [-0.2, -0.15) is 0 Å². The first-order chi connectivity index (χ1) is 10.7. The molecule has 0 aromatic heterocycles. The Hall–Kier alpha value is -3.38. The van der Waals surface area contributed by atoms with E-state index < -0.39 is 0 Å². The fourth-order valence-corrected chi connectivity index (χ4v) is 1.96. The summed E-state index contributed by atoms with van der Waals surface area (Å²) in [4.78, 5) is 0. The lowest BCUT2D eigenvalue weighted by Gasteiger charge is -2.10. The van der Waals surface area contributed by atoms with Crippen LogP contribution in [0, 0.1) is 23.0 Å². The van der Waals surface area contributed by atoms with E-state index in [9.17, 15) is 0 Å². The minimum absolute atomic E-state index is 0.338. The average Bonchev–Trinajstić information content (AvgIpc) is 2.56. The molecule has 0 bridgehead atoms. The van der Waals surface area contributed by atoms with Gasteiger partial charge in [0.1, 0.15) is 0 Å². The second-order valence-electron chi connectivity index (χ2n) is 4.12. The van der Waals surface area contributed by atoms with Crippen LogP contribution in [0.3, 0.4) is 0 Å². The Bertz CT molecular complexity index is 694. The number of hydrogen-bond acceptors (Lipinski definition) is 6. The topological polar surface area (TPSA) is 84.5 Å². The maximum Gasteiger partial charge on any atom is 0.292 e. The molecule has 22 heavy (non-hydrogen) atoms. The minimum Gasteiger partial charge on any atom is -0.493 e. The van der Waals surface area contributed by atoms with E-state index in [1.54, 1.807) is 48.9 Å². The molecule has 2 rings (SSSR count). The summed E-state index contributed by atoms with van der Waals surface area (Å²) in [6, 6.07) is 10.3. The molecule has 6 heteroatoms. The Morgan fingerprint density at radius 2 is 1.09 bits per heavy atom. The Morgan fingerprint density at radius 1 is 0.682 bits per heavy atom. The summed E-state index contributed by atoms with van der Waals surface area (Å²) in [6.45, 7) is 0. The molecule has 110 valence electrons. The number of ether oxygens (including phenoxy) is 4.